The van der Waals surface area contributed by atoms with Crippen LogP contribution in [0.5, 0.6) is 0 Å². The fourth-order valence-electron chi connectivity index (χ4n) is 3.05. The lowest BCUT2D eigenvalue weighted by Gasteiger charge is -2.37. The molecule has 1 saturated carbocycles. The molecule has 2 nitrogen and oxygen atoms in total. The van der Waals surface area contributed by atoms with Crippen LogP contribution in [0, 0.1) is 11.3 Å². The molecule has 2 fully saturated rings. The normalized spacial score (nSPS) is 32.2. The summed E-state index contributed by atoms with van der Waals surface area (Å²) in [7, 11) is 0. The van der Waals surface area contributed by atoms with Gasteiger partial charge in [0.25, 0.3) is 0 Å². The molecular weight excluding hydrogens is 212 g/mol. The Kier molecular flexibility index (Phi) is 4.26. The van der Waals surface area contributed by atoms with E-state index in [0.29, 0.717) is 5.41 Å². The largest absolute Gasteiger partial charge is 0.350 e. The summed E-state index contributed by atoms with van der Waals surface area (Å²) in [5, 5.41) is 0. The van der Waals surface area contributed by atoms with Crippen molar-refractivity contribution in [2.45, 2.75) is 59.2 Å². The summed E-state index contributed by atoms with van der Waals surface area (Å²) < 4.78 is 11.0. The first-order chi connectivity index (χ1) is 8.11. The van der Waals surface area contributed by atoms with Crippen molar-refractivity contribution in [3.8, 4) is 0 Å². The van der Waals surface area contributed by atoms with Gasteiger partial charge in [0.1, 0.15) is 0 Å². The first-order valence-corrected chi connectivity index (χ1v) is 7.03. The van der Waals surface area contributed by atoms with Gasteiger partial charge in [-0.25, -0.2) is 0 Å². The Balaban J connectivity index is 1.92. The molecule has 1 aliphatic heterocycles. The van der Waals surface area contributed by atoms with E-state index in [-0.39, 0.29) is 6.29 Å². The first kappa shape index (κ1) is 13.1. The highest BCUT2D eigenvalue weighted by Gasteiger charge is 2.30. The third-order valence-corrected chi connectivity index (χ3v) is 4.17. The molecule has 98 valence electrons. The van der Waals surface area contributed by atoms with E-state index < -0.39 is 0 Å². The molecule has 1 unspecified atom stereocenters. The number of allylic oxidation sites excluding steroid dienone is 1. The van der Waals surface area contributed by atoms with Gasteiger partial charge in [0.15, 0.2) is 6.29 Å². The first-order valence-electron chi connectivity index (χ1n) is 7.03. The van der Waals surface area contributed by atoms with Crippen LogP contribution in [0.15, 0.2) is 11.6 Å². The predicted octanol–water partition coefficient (Wildman–Crippen LogP) is 3.91. The van der Waals surface area contributed by atoms with Gasteiger partial charge in [-0.3, -0.25) is 0 Å². The molecule has 1 heterocycles. The predicted molar refractivity (Wildman–Crippen MR) is 69.8 cm³/mol. The van der Waals surface area contributed by atoms with E-state index in [1.807, 2.05) is 0 Å². The van der Waals surface area contributed by atoms with Crippen LogP contribution in [0.4, 0.5) is 0 Å². The Morgan fingerprint density at radius 3 is 2.65 bits per heavy atom. The average Bonchev–Trinajstić information content (AvgIpc) is 2.79. The SMILES string of the molecule is CCC1CC(C)(C)CCC1=CCC1OCCO1. The molecular formula is C15H26O2. The molecule has 1 aliphatic carbocycles. The number of rotatable bonds is 3. The molecule has 0 spiro atoms. The number of hydrogen-bond acceptors (Lipinski definition) is 2. The van der Waals surface area contributed by atoms with E-state index in [1.54, 1.807) is 5.57 Å². The molecule has 0 amide bonds. The van der Waals surface area contributed by atoms with Gasteiger partial charge in [-0.2, -0.15) is 0 Å². The maximum Gasteiger partial charge on any atom is 0.161 e. The number of ether oxygens (including phenoxy) is 2. The fraction of sp³-hybridized carbons (Fsp3) is 0.867. The van der Waals surface area contributed by atoms with Gasteiger partial charge in [0.05, 0.1) is 13.2 Å². The number of hydrogen-bond donors (Lipinski definition) is 0. The van der Waals surface area contributed by atoms with Crippen molar-refractivity contribution in [1.29, 1.82) is 0 Å². The summed E-state index contributed by atoms with van der Waals surface area (Å²) in [4.78, 5) is 0. The molecule has 0 N–H and O–H groups in total. The second-order valence-electron chi connectivity index (χ2n) is 6.16. The van der Waals surface area contributed by atoms with Crippen molar-refractivity contribution in [3.05, 3.63) is 11.6 Å². The standard InChI is InChI=1S/C15H26O2/c1-4-12-11-15(2,3)8-7-13(12)5-6-14-16-9-10-17-14/h5,12,14H,4,6-11H2,1-3H3. The Bertz CT molecular complexity index is 275. The van der Waals surface area contributed by atoms with Crippen LogP contribution in [0.3, 0.4) is 0 Å². The third-order valence-electron chi connectivity index (χ3n) is 4.17. The molecule has 1 atom stereocenters. The average molecular weight is 238 g/mol. The van der Waals surface area contributed by atoms with E-state index in [0.717, 1.165) is 25.6 Å². The Morgan fingerprint density at radius 1 is 1.29 bits per heavy atom. The van der Waals surface area contributed by atoms with Crippen molar-refractivity contribution in [2.75, 3.05) is 13.2 Å². The van der Waals surface area contributed by atoms with Crippen molar-refractivity contribution in [1.82, 2.24) is 0 Å². The smallest absolute Gasteiger partial charge is 0.161 e. The van der Waals surface area contributed by atoms with Crippen LogP contribution in [-0.2, 0) is 9.47 Å². The summed E-state index contributed by atoms with van der Waals surface area (Å²) in [6.45, 7) is 8.63. The van der Waals surface area contributed by atoms with Crippen LogP contribution in [0.25, 0.3) is 0 Å². The molecule has 17 heavy (non-hydrogen) atoms. The second-order valence-corrected chi connectivity index (χ2v) is 6.16. The van der Waals surface area contributed by atoms with Crippen molar-refractivity contribution >= 4 is 0 Å². The van der Waals surface area contributed by atoms with Gasteiger partial charge in [-0.05, 0) is 37.0 Å². The van der Waals surface area contributed by atoms with Crippen molar-refractivity contribution in [3.63, 3.8) is 0 Å². The lowest BCUT2D eigenvalue weighted by atomic mass is 9.69. The summed E-state index contributed by atoms with van der Waals surface area (Å²) in [6, 6.07) is 0. The molecule has 0 aromatic heterocycles. The van der Waals surface area contributed by atoms with Crippen molar-refractivity contribution < 1.29 is 9.47 Å². The quantitative estimate of drug-likeness (QED) is 0.694. The fourth-order valence-corrected chi connectivity index (χ4v) is 3.05. The topological polar surface area (TPSA) is 18.5 Å². The minimum absolute atomic E-state index is 0.0231. The monoisotopic (exact) mass is 238 g/mol. The minimum atomic E-state index is 0.0231. The zero-order chi connectivity index (χ0) is 12.3. The lowest BCUT2D eigenvalue weighted by Crippen LogP contribution is -2.24. The maximum absolute atomic E-state index is 5.49. The third kappa shape index (κ3) is 3.56. The lowest BCUT2D eigenvalue weighted by molar-refractivity contribution is -0.0383. The molecule has 0 radical (unpaired) electrons. The van der Waals surface area contributed by atoms with E-state index >= 15 is 0 Å². The van der Waals surface area contributed by atoms with Crippen LogP contribution in [0.2, 0.25) is 0 Å². The van der Waals surface area contributed by atoms with Crippen LogP contribution < -0.4 is 0 Å². The molecule has 0 bridgehead atoms. The van der Waals surface area contributed by atoms with Gasteiger partial charge in [-0.1, -0.05) is 32.4 Å². The minimum Gasteiger partial charge on any atom is -0.350 e. The molecule has 2 aliphatic rings. The van der Waals surface area contributed by atoms with Crippen LogP contribution in [0.1, 0.15) is 52.9 Å². The molecule has 2 heteroatoms. The summed E-state index contributed by atoms with van der Waals surface area (Å²) in [5.41, 5.74) is 2.17. The van der Waals surface area contributed by atoms with E-state index in [9.17, 15) is 0 Å². The highest BCUT2D eigenvalue weighted by atomic mass is 16.7. The highest BCUT2D eigenvalue weighted by molar-refractivity contribution is 5.11. The van der Waals surface area contributed by atoms with Gasteiger partial charge in [0, 0.05) is 6.42 Å². The maximum atomic E-state index is 5.49. The summed E-state index contributed by atoms with van der Waals surface area (Å²) in [6.07, 6.45) is 8.53. The van der Waals surface area contributed by atoms with Crippen molar-refractivity contribution in [2.24, 2.45) is 11.3 Å². The van der Waals surface area contributed by atoms with Gasteiger partial charge >= 0.3 is 0 Å². The summed E-state index contributed by atoms with van der Waals surface area (Å²) in [5.74, 6) is 0.778. The molecule has 0 aromatic carbocycles. The van der Waals surface area contributed by atoms with E-state index in [2.05, 4.69) is 26.8 Å². The van der Waals surface area contributed by atoms with Gasteiger partial charge in [-0.15, -0.1) is 0 Å². The second kappa shape index (κ2) is 5.53. The molecule has 2 rings (SSSR count). The van der Waals surface area contributed by atoms with Gasteiger partial charge < -0.3 is 9.47 Å². The van der Waals surface area contributed by atoms with E-state index in [4.69, 9.17) is 9.47 Å². The summed E-state index contributed by atoms with van der Waals surface area (Å²) >= 11 is 0. The van der Waals surface area contributed by atoms with Crippen LogP contribution >= 0.6 is 0 Å². The van der Waals surface area contributed by atoms with Crippen LogP contribution in [-0.4, -0.2) is 19.5 Å². The zero-order valence-electron chi connectivity index (χ0n) is 11.5. The Hall–Kier alpha value is -0.340. The molecule has 0 aromatic rings. The highest BCUT2D eigenvalue weighted by Crippen LogP contribution is 2.43. The Labute approximate surface area is 105 Å². The van der Waals surface area contributed by atoms with E-state index in [1.165, 1.54) is 25.7 Å². The molecule has 1 saturated heterocycles. The zero-order valence-corrected chi connectivity index (χ0v) is 11.5. The Morgan fingerprint density at radius 2 is 2.00 bits per heavy atom. The van der Waals surface area contributed by atoms with Gasteiger partial charge in [0.2, 0.25) is 0 Å².